The Morgan fingerprint density at radius 3 is 1.36 bits per heavy atom. The van der Waals surface area contributed by atoms with Crippen LogP contribution in [0.15, 0.2) is 72.8 Å². The molecule has 10 heteroatoms. The molecule has 0 spiro atoms. The van der Waals surface area contributed by atoms with Gasteiger partial charge in [0.05, 0.1) is 38.8 Å². The van der Waals surface area contributed by atoms with Gasteiger partial charge in [-0.05, 0) is 117 Å². The zero-order chi connectivity index (χ0) is 36.9. The molecule has 4 aromatic rings. The molecule has 0 unspecified atom stereocenters. The second-order valence-corrected chi connectivity index (χ2v) is 16.7. The number of alkyl halides is 2. The fraction of sp³-hybridized carbons (Fsp3) is 0.400. The van der Waals surface area contributed by atoms with Crippen molar-refractivity contribution in [3.63, 3.8) is 0 Å². The van der Waals surface area contributed by atoms with E-state index in [9.17, 15) is 9.13 Å². The first kappa shape index (κ1) is 42.2. The topological polar surface area (TPSA) is 71.1 Å². The van der Waals surface area contributed by atoms with Crippen LogP contribution in [0.5, 0.6) is 0 Å². The molecular weight excluding hydrogens is 709 g/mol. The van der Waals surface area contributed by atoms with Gasteiger partial charge in [-0.15, -0.1) is 23.2 Å². The molecule has 4 aromatic carbocycles. The summed E-state index contributed by atoms with van der Waals surface area (Å²) in [7, 11) is -6.55. The van der Waals surface area contributed by atoms with Crippen LogP contribution >= 0.6 is 38.4 Å². The molecule has 0 atom stereocenters. The van der Waals surface area contributed by atoms with Gasteiger partial charge in [0.15, 0.2) is 0 Å². The highest BCUT2D eigenvalue weighted by Gasteiger charge is 2.28. The molecule has 0 aliphatic rings. The van der Waals surface area contributed by atoms with Crippen molar-refractivity contribution < 1.29 is 27.2 Å². The Labute approximate surface area is 309 Å². The van der Waals surface area contributed by atoms with E-state index >= 15 is 0 Å². The monoisotopic (exact) mass is 760 g/mol. The Bertz CT molecular complexity index is 1790. The molecule has 0 radical (unpaired) electrons. The number of hydrogen-bond donors (Lipinski definition) is 0. The summed E-state index contributed by atoms with van der Waals surface area (Å²) in [6, 6.07) is 24.8. The van der Waals surface area contributed by atoms with Crippen molar-refractivity contribution in [3.05, 3.63) is 117 Å². The minimum atomic E-state index is -3.30. The average molecular weight is 762 g/mol. The SMILES string of the molecule is CCOP(=O)(Cc1ccc(CP(=O)(OCC)OCC)c(-c2cc(C)ccc2C)c1)OCC.Cc1ccc(C)c(-c2cc(CCl)ccc2CCl)c1. The largest absolute Gasteiger partial charge is 0.335 e. The smallest absolute Gasteiger partial charge is 0.309 e. The van der Waals surface area contributed by atoms with Crippen molar-refractivity contribution in [1.29, 1.82) is 0 Å². The predicted octanol–water partition coefficient (Wildman–Crippen LogP) is 13.0. The van der Waals surface area contributed by atoms with E-state index in [1.165, 1.54) is 22.3 Å². The number of hydrogen-bond acceptors (Lipinski definition) is 6. The van der Waals surface area contributed by atoms with E-state index in [4.69, 9.17) is 41.3 Å². The first-order chi connectivity index (χ1) is 23.8. The van der Waals surface area contributed by atoms with Gasteiger partial charge in [0, 0.05) is 11.8 Å². The van der Waals surface area contributed by atoms with E-state index in [1.54, 1.807) is 27.7 Å². The Morgan fingerprint density at radius 2 is 0.900 bits per heavy atom. The van der Waals surface area contributed by atoms with Crippen molar-refractivity contribution in [1.82, 2.24) is 0 Å². The summed E-state index contributed by atoms with van der Waals surface area (Å²) in [6.45, 7) is 16.8. The maximum absolute atomic E-state index is 13.3. The second kappa shape index (κ2) is 20.1. The van der Waals surface area contributed by atoms with Crippen LogP contribution in [0, 0.1) is 27.7 Å². The lowest BCUT2D eigenvalue weighted by Crippen LogP contribution is -2.03. The number of aryl methyl sites for hydroxylation is 4. The van der Waals surface area contributed by atoms with Gasteiger partial charge in [0.1, 0.15) is 0 Å². The molecule has 0 saturated heterocycles. The zero-order valence-electron chi connectivity index (χ0n) is 30.7. The Hall–Kier alpha value is -2.24. The summed E-state index contributed by atoms with van der Waals surface area (Å²) in [4.78, 5) is 0. The Balaban J connectivity index is 0.000000316. The van der Waals surface area contributed by atoms with E-state index in [1.807, 2.05) is 38.1 Å². The Morgan fingerprint density at radius 1 is 0.480 bits per heavy atom. The van der Waals surface area contributed by atoms with Crippen molar-refractivity contribution in [2.45, 2.75) is 79.5 Å². The van der Waals surface area contributed by atoms with E-state index in [2.05, 4.69) is 62.4 Å². The third-order valence-corrected chi connectivity index (χ3v) is 12.7. The molecule has 0 aliphatic heterocycles. The maximum atomic E-state index is 13.3. The molecular formula is C40H52Cl2O6P2. The molecule has 0 fully saturated rings. The summed E-state index contributed by atoms with van der Waals surface area (Å²) in [6.07, 6.45) is 0.327. The van der Waals surface area contributed by atoms with Gasteiger partial charge in [-0.1, -0.05) is 77.9 Å². The molecule has 0 heterocycles. The van der Waals surface area contributed by atoms with E-state index in [-0.39, 0.29) is 12.3 Å². The fourth-order valence-corrected chi connectivity index (χ4v) is 9.54. The first-order valence-corrected chi connectivity index (χ1v) is 21.6. The van der Waals surface area contributed by atoms with Crippen LogP contribution in [0.4, 0.5) is 0 Å². The van der Waals surface area contributed by atoms with Crippen LogP contribution in [0.2, 0.25) is 0 Å². The zero-order valence-corrected chi connectivity index (χ0v) is 34.0. The average Bonchev–Trinajstić information content (AvgIpc) is 3.08. The highest BCUT2D eigenvalue weighted by Crippen LogP contribution is 2.54. The van der Waals surface area contributed by atoms with Gasteiger partial charge in [0.25, 0.3) is 0 Å². The van der Waals surface area contributed by atoms with Crippen LogP contribution in [0.3, 0.4) is 0 Å². The van der Waals surface area contributed by atoms with Crippen molar-refractivity contribution in [2.75, 3.05) is 26.4 Å². The third kappa shape index (κ3) is 11.9. The van der Waals surface area contributed by atoms with Gasteiger partial charge in [-0.25, -0.2) is 0 Å². The molecule has 0 amide bonds. The van der Waals surface area contributed by atoms with Gasteiger partial charge in [-0.2, -0.15) is 0 Å². The molecule has 0 N–H and O–H groups in total. The number of halogens is 2. The number of benzene rings is 4. The lowest BCUT2D eigenvalue weighted by molar-refractivity contribution is 0.218. The molecule has 0 aromatic heterocycles. The molecule has 0 aliphatic carbocycles. The standard InChI is InChI=1S/C24H36O6P2.C16H16Cl2/c1-7-27-31(25,28-8-2)17-21-13-14-22(18-32(26,29-9-3)30-10-4)24(16-21)23-15-19(5)11-12-20(23)6;1-11-3-4-12(2)15(7-11)16-8-13(9-17)5-6-14(16)10-18/h11-16H,7-10,17-18H2,1-6H3;3-8H,9-10H2,1-2H3. The van der Waals surface area contributed by atoms with Crippen LogP contribution in [-0.4, -0.2) is 26.4 Å². The minimum Gasteiger partial charge on any atom is -0.309 e. The maximum Gasteiger partial charge on any atom is 0.335 e. The quantitative estimate of drug-likeness (QED) is 0.0836. The summed E-state index contributed by atoms with van der Waals surface area (Å²) >= 11 is 12.0. The summed E-state index contributed by atoms with van der Waals surface area (Å²) in [5.41, 5.74) is 13.1. The van der Waals surface area contributed by atoms with Crippen molar-refractivity contribution in [3.8, 4) is 22.3 Å². The van der Waals surface area contributed by atoms with Gasteiger partial charge >= 0.3 is 15.2 Å². The van der Waals surface area contributed by atoms with Crippen molar-refractivity contribution in [2.24, 2.45) is 0 Å². The molecule has 0 saturated carbocycles. The minimum absolute atomic E-state index is 0.159. The highest BCUT2D eigenvalue weighted by atomic mass is 35.5. The fourth-order valence-electron chi connectivity index (χ4n) is 5.71. The van der Waals surface area contributed by atoms with Crippen LogP contribution < -0.4 is 0 Å². The molecule has 4 rings (SSSR count). The molecule has 0 bridgehead atoms. The van der Waals surface area contributed by atoms with E-state index in [0.29, 0.717) is 38.2 Å². The van der Waals surface area contributed by atoms with Gasteiger partial charge in [0.2, 0.25) is 0 Å². The normalized spacial score (nSPS) is 11.7. The van der Waals surface area contributed by atoms with Crippen molar-refractivity contribution >= 4 is 38.4 Å². The Kier molecular flexibility index (Phi) is 17.0. The molecule has 50 heavy (non-hydrogen) atoms. The van der Waals surface area contributed by atoms with E-state index in [0.717, 1.165) is 44.5 Å². The van der Waals surface area contributed by atoms with Crippen LogP contribution in [-0.2, 0) is 51.3 Å². The van der Waals surface area contributed by atoms with Gasteiger partial charge in [-0.3, -0.25) is 9.13 Å². The summed E-state index contributed by atoms with van der Waals surface area (Å²) in [5, 5.41) is 0. The lowest BCUT2D eigenvalue weighted by Gasteiger charge is -2.21. The van der Waals surface area contributed by atoms with E-state index < -0.39 is 15.2 Å². The first-order valence-electron chi connectivity index (χ1n) is 17.1. The molecule has 272 valence electrons. The summed E-state index contributed by atoms with van der Waals surface area (Å²) in [5.74, 6) is 1.05. The van der Waals surface area contributed by atoms with Crippen LogP contribution in [0.25, 0.3) is 22.3 Å². The predicted molar refractivity (Wildman–Crippen MR) is 211 cm³/mol. The molecule has 6 nitrogen and oxygen atoms in total. The lowest BCUT2D eigenvalue weighted by atomic mass is 9.94. The summed E-state index contributed by atoms with van der Waals surface area (Å²) < 4.78 is 48.4. The van der Waals surface area contributed by atoms with Crippen LogP contribution in [0.1, 0.15) is 72.2 Å². The van der Waals surface area contributed by atoms with Gasteiger partial charge < -0.3 is 18.1 Å². The highest BCUT2D eigenvalue weighted by molar-refractivity contribution is 7.53. The second-order valence-electron chi connectivity index (χ2n) is 12.1. The third-order valence-electron chi connectivity index (χ3n) is 8.06. The number of rotatable bonds is 16.